The molecule has 3 aromatic rings. The van der Waals surface area contributed by atoms with Crippen LogP contribution in [0, 0.1) is 0 Å². The van der Waals surface area contributed by atoms with Crippen molar-refractivity contribution in [1.29, 1.82) is 0 Å². The van der Waals surface area contributed by atoms with Gasteiger partial charge in [0.1, 0.15) is 16.7 Å². The van der Waals surface area contributed by atoms with Crippen molar-refractivity contribution in [3.8, 4) is 5.75 Å². The maximum atomic E-state index is 13.8. The second-order valence-electron chi connectivity index (χ2n) is 8.53. The third-order valence-electron chi connectivity index (χ3n) is 4.67. The molecule has 1 aromatic heterocycles. The molecule has 0 saturated heterocycles. The molecule has 0 aliphatic carbocycles. The lowest BCUT2D eigenvalue weighted by atomic mass is 10.0. The van der Waals surface area contributed by atoms with Crippen LogP contribution in [0.25, 0.3) is 0 Å². The highest BCUT2D eigenvalue weighted by atomic mass is 35.5. The number of aromatic hydroxyl groups is 1. The van der Waals surface area contributed by atoms with Crippen LogP contribution in [-0.4, -0.2) is 32.7 Å². The number of phenolic OH excluding ortho intramolecular Hbond substituents is 1. The minimum absolute atomic E-state index is 0.0698. The molecular formula is C23H24ClN5O4S. The van der Waals surface area contributed by atoms with Gasteiger partial charge in [-0.25, -0.2) is 0 Å². The molecule has 0 aliphatic rings. The van der Waals surface area contributed by atoms with Crippen LogP contribution in [0.2, 0.25) is 5.02 Å². The molecule has 0 saturated carbocycles. The number of hydrogen-bond donors (Lipinski definition) is 4. The van der Waals surface area contributed by atoms with Gasteiger partial charge in [-0.2, -0.15) is 4.37 Å². The van der Waals surface area contributed by atoms with E-state index in [4.69, 9.17) is 23.1 Å². The van der Waals surface area contributed by atoms with E-state index < -0.39 is 29.3 Å². The van der Waals surface area contributed by atoms with Crippen LogP contribution >= 0.6 is 23.1 Å². The Kier molecular flexibility index (Phi) is 7.13. The molecule has 11 heteroatoms. The molecule has 3 rings (SSSR count). The molecular weight excluding hydrogens is 478 g/mol. The summed E-state index contributed by atoms with van der Waals surface area (Å²) in [4.78, 5) is 40.2. The highest BCUT2D eigenvalue weighted by molar-refractivity contribution is 7.09. The molecule has 3 amide bonds. The van der Waals surface area contributed by atoms with E-state index in [9.17, 15) is 19.5 Å². The first-order valence-corrected chi connectivity index (χ1v) is 11.3. The number of nitrogens with two attached hydrogens (primary N) is 2. The lowest BCUT2D eigenvalue weighted by Gasteiger charge is -2.33. The predicted molar refractivity (Wildman–Crippen MR) is 132 cm³/mol. The average molecular weight is 502 g/mol. The number of hydrogen-bond acceptors (Lipinski definition) is 7. The summed E-state index contributed by atoms with van der Waals surface area (Å²) in [5.41, 5.74) is 11.0. The van der Waals surface area contributed by atoms with E-state index in [2.05, 4.69) is 9.69 Å². The Balaban J connectivity index is 2.24. The number of amides is 3. The van der Waals surface area contributed by atoms with E-state index >= 15 is 0 Å². The lowest BCUT2D eigenvalue weighted by Crippen LogP contribution is -2.49. The molecule has 1 heterocycles. The number of nitrogens with zero attached hydrogens (tertiary/aromatic N) is 2. The van der Waals surface area contributed by atoms with E-state index in [-0.39, 0.29) is 27.7 Å². The van der Waals surface area contributed by atoms with Crippen molar-refractivity contribution in [3.05, 3.63) is 69.7 Å². The van der Waals surface area contributed by atoms with Gasteiger partial charge in [0.2, 0.25) is 5.91 Å². The van der Waals surface area contributed by atoms with Gasteiger partial charge in [0.15, 0.2) is 5.69 Å². The molecule has 1 unspecified atom stereocenters. The fourth-order valence-electron chi connectivity index (χ4n) is 3.27. The molecule has 6 N–H and O–H groups in total. The fourth-order valence-corrected chi connectivity index (χ4v) is 4.13. The van der Waals surface area contributed by atoms with E-state index in [0.717, 1.165) is 0 Å². The third kappa shape index (κ3) is 5.46. The average Bonchev–Trinajstić information content (AvgIpc) is 3.12. The van der Waals surface area contributed by atoms with Crippen LogP contribution in [0.3, 0.4) is 0 Å². The highest BCUT2D eigenvalue weighted by Gasteiger charge is 2.37. The zero-order chi connectivity index (χ0) is 25.2. The molecule has 0 spiro atoms. The van der Waals surface area contributed by atoms with Crippen molar-refractivity contribution >= 4 is 52.2 Å². The summed E-state index contributed by atoms with van der Waals surface area (Å²) in [6, 6.07) is 11.2. The van der Waals surface area contributed by atoms with E-state index in [0.29, 0.717) is 22.1 Å². The topological polar surface area (TPSA) is 152 Å². The monoisotopic (exact) mass is 501 g/mol. The number of rotatable bonds is 6. The number of benzene rings is 2. The number of carbonyl (C=O) groups is 3. The zero-order valence-electron chi connectivity index (χ0n) is 18.7. The summed E-state index contributed by atoms with van der Waals surface area (Å²) in [6.45, 7) is 5.43. The Bertz CT molecular complexity index is 1240. The summed E-state index contributed by atoms with van der Waals surface area (Å²) in [6.07, 6.45) is 0. The largest absolute Gasteiger partial charge is 0.508 e. The zero-order valence-corrected chi connectivity index (χ0v) is 20.3. The molecule has 9 nitrogen and oxygen atoms in total. The molecule has 0 aliphatic heterocycles. The van der Waals surface area contributed by atoms with Gasteiger partial charge < -0.3 is 21.9 Å². The predicted octanol–water partition coefficient (Wildman–Crippen LogP) is 3.49. The molecule has 2 aromatic carbocycles. The first-order chi connectivity index (χ1) is 15.9. The Morgan fingerprint density at radius 2 is 1.79 bits per heavy atom. The Hall–Kier alpha value is -3.63. The maximum Gasteiger partial charge on any atom is 0.273 e. The summed E-state index contributed by atoms with van der Waals surface area (Å²) < 4.78 is 3.91. The summed E-state index contributed by atoms with van der Waals surface area (Å²) >= 11 is 6.75. The first-order valence-electron chi connectivity index (χ1n) is 10.1. The minimum Gasteiger partial charge on any atom is -0.508 e. The maximum absolute atomic E-state index is 13.8. The number of halogens is 1. The summed E-state index contributed by atoms with van der Waals surface area (Å²) in [7, 11) is 0. The molecule has 34 heavy (non-hydrogen) atoms. The van der Waals surface area contributed by atoms with E-state index in [1.165, 1.54) is 23.1 Å². The second kappa shape index (κ2) is 9.70. The van der Waals surface area contributed by atoms with Crippen LogP contribution in [0.5, 0.6) is 5.75 Å². The van der Waals surface area contributed by atoms with E-state index in [1.54, 1.807) is 30.3 Å². The van der Waals surface area contributed by atoms with Gasteiger partial charge in [-0.15, -0.1) is 0 Å². The van der Waals surface area contributed by atoms with Gasteiger partial charge >= 0.3 is 0 Å². The number of nitrogen functional groups attached to an aromatic ring is 1. The van der Waals surface area contributed by atoms with Gasteiger partial charge in [-0.05, 0) is 62.1 Å². The van der Waals surface area contributed by atoms with Crippen LogP contribution in [0.4, 0.5) is 11.4 Å². The number of carbonyl (C=O) groups excluding carboxylic acids is 3. The van der Waals surface area contributed by atoms with Crippen LogP contribution < -0.4 is 21.7 Å². The molecule has 0 bridgehead atoms. The smallest absolute Gasteiger partial charge is 0.273 e. The van der Waals surface area contributed by atoms with Crippen molar-refractivity contribution in [2.24, 2.45) is 5.73 Å². The second-order valence-corrected chi connectivity index (χ2v) is 9.74. The molecule has 0 fully saturated rings. The summed E-state index contributed by atoms with van der Waals surface area (Å²) in [5, 5.41) is 13.5. The van der Waals surface area contributed by atoms with E-state index in [1.807, 2.05) is 20.8 Å². The normalized spacial score (nSPS) is 12.1. The molecule has 0 radical (unpaired) electrons. The Labute approximate surface area is 205 Å². The highest BCUT2D eigenvalue weighted by Crippen LogP contribution is 2.35. The van der Waals surface area contributed by atoms with Crippen LogP contribution in [-0.2, 0) is 4.79 Å². The van der Waals surface area contributed by atoms with Crippen molar-refractivity contribution in [2.75, 3.05) is 10.6 Å². The SMILES string of the molecule is CC(C)(C)NC(=O)C(c1ccc(Cl)cc1)N(C(=O)c1snc(C(N)=O)c1N)c1cccc(O)c1. The standard InChI is InChI=1S/C23H24ClN5O4S/c1-23(2,3)27-21(32)18(12-7-9-13(24)10-8-12)29(14-5-4-6-15(30)11-14)22(33)19-16(25)17(20(26)31)28-34-19/h4-11,18,30H,25H2,1-3H3,(H2,26,31)(H,27,32). The fraction of sp³-hybridized carbons (Fsp3) is 0.217. The Morgan fingerprint density at radius 3 is 2.32 bits per heavy atom. The Morgan fingerprint density at radius 1 is 1.15 bits per heavy atom. The van der Waals surface area contributed by atoms with Crippen molar-refractivity contribution in [2.45, 2.75) is 32.4 Å². The third-order valence-corrected chi connectivity index (χ3v) is 5.78. The quantitative estimate of drug-likeness (QED) is 0.405. The molecule has 178 valence electrons. The van der Waals surface area contributed by atoms with Crippen molar-refractivity contribution in [1.82, 2.24) is 9.69 Å². The van der Waals surface area contributed by atoms with Gasteiger partial charge in [0.05, 0.1) is 5.69 Å². The van der Waals surface area contributed by atoms with Gasteiger partial charge in [0, 0.05) is 22.3 Å². The van der Waals surface area contributed by atoms with Gasteiger partial charge in [0.25, 0.3) is 11.8 Å². The summed E-state index contributed by atoms with van der Waals surface area (Å²) in [5.74, 6) is -2.17. The number of aromatic nitrogens is 1. The van der Waals surface area contributed by atoms with Crippen LogP contribution in [0.1, 0.15) is 52.5 Å². The van der Waals surface area contributed by atoms with Gasteiger partial charge in [-0.1, -0.05) is 29.8 Å². The number of nitrogens with one attached hydrogen (secondary N) is 1. The van der Waals surface area contributed by atoms with Crippen LogP contribution in [0.15, 0.2) is 48.5 Å². The number of anilines is 2. The van der Waals surface area contributed by atoms with Gasteiger partial charge in [-0.3, -0.25) is 19.3 Å². The number of primary amides is 1. The lowest BCUT2D eigenvalue weighted by molar-refractivity contribution is -0.123. The first kappa shape index (κ1) is 25.0. The van der Waals surface area contributed by atoms with Crippen molar-refractivity contribution in [3.63, 3.8) is 0 Å². The molecule has 1 atom stereocenters. The number of phenols is 1. The van der Waals surface area contributed by atoms with Crippen molar-refractivity contribution < 1.29 is 19.5 Å². The minimum atomic E-state index is -1.18.